The molecule has 0 radical (unpaired) electrons. The topological polar surface area (TPSA) is 0 Å². The molecule has 0 nitrogen and oxygen atoms in total. The Labute approximate surface area is 57.0 Å². The molecule has 2 aliphatic rings. The summed E-state index contributed by atoms with van der Waals surface area (Å²) in [5.74, 6) is 0. The van der Waals surface area contributed by atoms with Gasteiger partial charge in [-0.05, 0) is 30.6 Å². The van der Waals surface area contributed by atoms with Gasteiger partial charge in [-0.1, -0.05) is 25.5 Å². The molecule has 0 aromatic heterocycles. The molecular formula is C9H14. The van der Waals surface area contributed by atoms with E-state index in [2.05, 4.69) is 26.8 Å². The van der Waals surface area contributed by atoms with Crippen LogP contribution in [0.3, 0.4) is 0 Å². The van der Waals surface area contributed by atoms with Gasteiger partial charge in [0.25, 0.3) is 0 Å². The highest BCUT2D eigenvalue weighted by atomic mass is 14.7. The summed E-state index contributed by atoms with van der Waals surface area (Å²) in [6.45, 7) is 6.96. The highest BCUT2D eigenvalue weighted by Crippen LogP contribution is 2.79. The highest BCUT2D eigenvalue weighted by Gasteiger charge is 2.70. The van der Waals surface area contributed by atoms with Crippen molar-refractivity contribution in [3.63, 3.8) is 0 Å². The number of rotatable bonds is 0. The van der Waals surface area contributed by atoms with Crippen LogP contribution in [0.25, 0.3) is 0 Å². The summed E-state index contributed by atoms with van der Waals surface area (Å²) in [7, 11) is 0. The van der Waals surface area contributed by atoms with Crippen LogP contribution < -0.4 is 0 Å². The zero-order valence-corrected chi connectivity index (χ0v) is 6.49. The maximum absolute atomic E-state index is 2.40. The first-order valence-corrected chi connectivity index (χ1v) is 3.78. The molecule has 2 saturated carbocycles. The van der Waals surface area contributed by atoms with Gasteiger partial charge in [-0.2, -0.15) is 0 Å². The summed E-state index contributed by atoms with van der Waals surface area (Å²) in [5.41, 5.74) is 3.08. The van der Waals surface area contributed by atoms with Crippen LogP contribution in [-0.2, 0) is 0 Å². The molecule has 0 N–H and O–H groups in total. The van der Waals surface area contributed by atoms with E-state index in [-0.39, 0.29) is 0 Å². The zero-order chi connectivity index (χ0) is 6.70. The van der Waals surface area contributed by atoms with Crippen LogP contribution in [0.1, 0.15) is 33.6 Å². The van der Waals surface area contributed by atoms with E-state index in [4.69, 9.17) is 0 Å². The molecule has 2 unspecified atom stereocenters. The SMILES string of the molecule is CC=C1CC2(C)CC12C. The third-order valence-electron chi connectivity index (χ3n) is 3.59. The standard InChI is InChI=1S/C9H14/c1-4-7-5-8(2)6-9(7,8)3/h4H,5-6H2,1-3H3. The van der Waals surface area contributed by atoms with Gasteiger partial charge in [0.15, 0.2) is 0 Å². The van der Waals surface area contributed by atoms with Gasteiger partial charge in [0.2, 0.25) is 0 Å². The van der Waals surface area contributed by atoms with Crippen molar-refractivity contribution >= 4 is 0 Å². The molecule has 0 spiro atoms. The molecule has 0 heteroatoms. The summed E-state index contributed by atoms with van der Waals surface area (Å²) in [6.07, 6.45) is 5.12. The van der Waals surface area contributed by atoms with Crippen molar-refractivity contribution in [3.05, 3.63) is 11.6 Å². The molecule has 9 heavy (non-hydrogen) atoms. The average Bonchev–Trinajstić information content (AvgIpc) is 2.18. The van der Waals surface area contributed by atoms with Crippen molar-refractivity contribution in [1.29, 1.82) is 0 Å². The molecule has 50 valence electrons. The minimum absolute atomic E-state index is 0.655. The lowest BCUT2D eigenvalue weighted by Gasteiger charge is -2.33. The highest BCUT2D eigenvalue weighted by molar-refractivity contribution is 5.40. The van der Waals surface area contributed by atoms with E-state index in [9.17, 15) is 0 Å². The van der Waals surface area contributed by atoms with Crippen LogP contribution in [0.2, 0.25) is 0 Å². The molecule has 2 atom stereocenters. The van der Waals surface area contributed by atoms with Gasteiger partial charge in [0, 0.05) is 0 Å². The van der Waals surface area contributed by atoms with Crippen LogP contribution in [0.5, 0.6) is 0 Å². The first-order chi connectivity index (χ1) is 4.12. The summed E-state index contributed by atoms with van der Waals surface area (Å²) in [5, 5.41) is 0. The Morgan fingerprint density at radius 1 is 1.44 bits per heavy atom. The molecule has 2 fully saturated rings. The fourth-order valence-electron chi connectivity index (χ4n) is 2.42. The number of allylic oxidation sites excluding steroid dienone is 2. The van der Waals surface area contributed by atoms with Gasteiger partial charge in [0.1, 0.15) is 0 Å². The molecule has 0 heterocycles. The Kier molecular flexibility index (Phi) is 0.685. The lowest BCUT2D eigenvalue weighted by atomic mass is 9.71. The largest absolute Gasteiger partial charge is 0.0879 e. The number of hydrogen-bond acceptors (Lipinski definition) is 0. The van der Waals surface area contributed by atoms with Crippen LogP contribution >= 0.6 is 0 Å². The summed E-state index contributed by atoms with van der Waals surface area (Å²) < 4.78 is 0. The van der Waals surface area contributed by atoms with Crippen LogP contribution in [-0.4, -0.2) is 0 Å². The minimum Gasteiger partial charge on any atom is -0.0879 e. The molecule has 0 amide bonds. The Balaban J connectivity index is 2.28. The van der Waals surface area contributed by atoms with E-state index >= 15 is 0 Å². The maximum atomic E-state index is 2.40. The predicted molar refractivity (Wildman–Crippen MR) is 39.2 cm³/mol. The van der Waals surface area contributed by atoms with Crippen LogP contribution in [0, 0.1) is 10.8 Å². The molecule has 0 aliphatic heterocycles. The molecular weight excluding hydrogens is 108 g/mol. The molecule has 2 aliphatic carbocycles. The Morgan fingerprint density at radius 3 is 2.22 bits per heavy atom. The second kappa shape index (κ2) is 1.12. The van der Waals surface area contributed by atoms with E-state index in [0.29, 0.717) is 5.41 Å². The van der Waals surface area contributed by atoms with Crippen LogP contribution in [0.4, 0.5) is 0 Å². The van der Waals surface area contributed by atoms with Crippen LogP contribution in [0.15, 0.2) is 11.6 Å². The molecule has 0 bridgehead atoms. The van der Waals surface area contributed by atoms with E-state index in [0.717, 1.165) is 5.41 Å². The average molecular weight is 122 g/mol. The van der Waals surface area contributed by atoms with Crippen molar-refractivity contribution < 1.29 is 0 Å². The van der Waals surface area contributed by atoms with Crippen molar-refractivity contribution in [2.75, 3.05) is 0 Å². The quantitative estimate of drug-likeness (QED) is 0.433. The Morgan fingerprint density at radius 2 is 2.11 bits per heavy atom. The van der Waals surface area contributed by atoms with Gasteiger partial charge in [0.05, 0.1) is 0 Å². The smallest absolute Gasteiger partial charge is 0.00535 e. The second-order valence-electron chi connectivity index (χ2n) is 4.06. The second-order valence-corrected chi connectivity index (χ2v) is 4.06. The lowest BCUT2D eigenvalue weighted by molar-refractivity contribution is 0.325. The Bertz CT molecular complexity index is 190. The third kappa shape index (κ3) is 0.385. The molecule has 0 saturated heterocycles. The van der Waals surface area contributed by atoms with Gasteiger partial charge >= 0.3 is 0 Å². The number of fused-ring (bicyclic) bond motifs is 1. The van der Waals surface area contributed by atoms with E-state index in [1.54, 1.807) is 5.57 Å². The van der Waals surface area contributed by atoms with Gasteiger partial charge < -0.3 is 0 Å². The predicted octanol–water partition coefficient (Wildman–Crippen LogP) is 2.75. The minimum atomic E-state index is 0.655. The molecule has 0 aromatic rings. The first kappa shape index (κ1) is 5.52. The van der Waals surface area contributed by atoms with E-state index in [1.807, 2.05) is 0 Å². The van der Waals surface area contributed by atoms with Crippen molar-refractivity contribution in [2.45, 2.75) is 33.6 Å². The third-order valence-corrected chi connectivity index (χ3v) is 3.59. The first-order valence-electron chi connectivity index (χ1n) is 3.78. The molecule has 0 aromatic carbocycles. The fourth-order valence-corrected chi connectivity index (χ4v) is 2.42. The zero-order valence-electron chi connectivity index (χ0n) is 6.49. The normalized spacial score (nSPS) is 58.8. The molecule has 2 rings (SSSR count). The summed E-state index contributed by atoms with van der Waals surface area (Å²) in [4.78, 5) is 0. The monoisotopic (exact) mass is 122 g/mol. The van der Waals surface area contributed by atoms with Gasteiger partial charge in [-0.3, -0.25) is 0 Å². The van der Waals surface area contributed by atoms with Crippen molar-refractivity contribution in [2.24, 2.45) is 10.8 Å². The maximum Gasteiger partial charge on any atom is -0.00535 e. The number of hydrogen-bond donors (Lipinski definition) is 0. The summed E-state index contributed by atoms with van der Waals surface area (Å²) >= 11 is 0. The van der Waals surface area contributed by atoms with E-state index < -0.39 is 0 Å². The van der Waals surface area contributed by atoms with Gasteiger partial charge in [-0.15, -0.1) is 0 Å². The van der Waals surface area contributed by atoms with Crippen molar-refractivity contribution in [1.82, 2.24) is 0 Å². The lowest BCUT2D eigenvalue weighted by Crippen LogP contribution is -2.23. The van der Waals surface area contributed by atoms with E-state index in [1.165, 1.54) is 12.8 Å². The Hall–Kier alpha value is -0.260. The van der Waals surface area contributed by atoms with Crippen molar-refractivity contribution in [3.8, 4) is 0 Å². The summed E-state index contributed by atoms with van der Waals surface area (Å²) in [6, 6.07) is 0. The van der Waals surface area contributed by atoms with Gasteiger partial charge in [-0.25, -0.2) is 0 Å². The fraction of sp³-hybridized carbons (Fsp3) is 0.778.